The molecule has 8 heteroatoms. The summed E-state index contributed by atoms with van der Waals surface area (Å²) in [6, 6.07) is 0. The van der Waals surface area contributed by atoms with Gasteiger partial charge in [-0.1, -0.05) is 6.42 Å². The van der Waals surface area contributed by atoms with Crippen LogP contribution in [-0.2, 0) is 0 Å². The maximum absolute atomic E-state index is 11.7. The molecule has 0 bridgehead atoms. The summed E-state index contributed by atoms with van der Waals surface area (Å²) < 4.78 is 0. The lowest BCUT2D eigenvalue weighted by Gasteiger charge is -1.98. The van der Waals surface area contributed by atoms with Crippen molar-refractivity contribution < 1.29 is 9.59 Å². The van der Waals surface area contributed by atoms with Crippen LogP contribution in [0.3, 0.4) is 0 Å². The van der Waals surface area contributed by atoms with Crippen LogP contribution in [-0.4, -0.2) is 29.2 Å². The van der Waals surface area contributed by atoms with Crippen LogP contribution in [0.25, 0.3) is 0 Å². The van der Waals surface area contributed by atoms with Gasteiger partial charge in [-0.05, 0) is 12.8 Å². The number of hydrogen-bond acceptors (Lipinski definition) is 5. The Bertz CT molecular complexity index is 479. The first-order valence-electron chi connectivity index (χ1n) is 5.84. The van der Waals surface area contributed by atoms with Gasteiger partial charge in [-0.2, -0.15) is 0 Å². The van der Waals surface area contributed by atoms with Crippen molar-refractivity contribution in [2.45, 2.75) is 25.7 Å². The molecule has 1 heterocycles. The molecule has 1 aromatic heterocycles. The van der Waals surface area contributed by atoms with Crippen LogP contribution in [0.4, 0.5) is 0 Å². The predicted molar refractivity (Wildman–Crippen MR) is 74.1 cm³/mol. The van der Waals surface area contributed by atoms with Gasteiger partial charge in [0.05, 0.1) is 0 Å². The molecular formula is C11H17N5O2S. The van der Waals surface area contributed by atoms with Crippen molar-refractivity contribution in [2.75, 3.05) is 6.54 Å². The molecule has 7 nitrogen and oxygen atoms in total. The van der Waals surface area contributed by atoms with Crippen molar-refractivity contribution in [3.8, 4) is 0 Å². The molecule has 19 heavy (non-hydrogen) atoms. The first-order chi connectivity index (χ1) is 9.00. The molecule has 0 atom stereocenters. The first-order valence-corrected chi connectivity index (χ1v) is 6.72. The smallest absolute Gasteiger partial charge is 0.268 e. The quantitative estimate of drug-likeness (QED) is 0.272. The van der Waals surface area contributed by atoms with E-state index in [1.807, 2.05) is 0 Å². The number of carbonyl (C=O) groups excluding carboxylic acids is 2. The van der Waals surface area contributed by atoms with Crippen molar-refractivity contribution in [3.63, 3.8) is 0 Å². The average molecular weight is 283 g/mol. The van der Waals surface area contributed by atoms with Crippen LogP contribution in [0.15, 0.2) is 10.4 Å². The molecule has 1 rings (SSSR count). The largest absolute Gasteiger partial charge is 0.370 e. The van der Waals surface area contributed by atoms with Gasteiger partial charge in [0, 0.05) is 18.3 Å². The summed E-state index contributed by atoms with van der Waals surface area (Å²) >= 11 is 1.14. The summed E-state index contributed by atoms with van der Waals surface area (Å²) in [4.78, 5) is 30.3. The fraction of sp³-hybridized carbons (Fsp3) is 0.455. The van der Waals surface area contributed by atoms with Gasteiger partial charge in [0.25, 0.3) is 5.91 Å². The van der Waals surface area contributed by atoms with Gasteiger partial charge in [-0.3, -0.25) is 14.6 Å². The lowest BCUT2D eigenvalue weighted by atomic mass is 10.1. The van der Waals surface area contributed by atoms with Crippen LogP contribution in [0, 0.1) is 0 Å². The van der Waals surface area contributed by atoms with Crippen LogP contribution in [0.5, 0.6) is 0 Å². The van der Waals surface area contributed by atoms with E-state index < -0.39 is 5.91 Å². The molecule has 0 spiro atoms. The lowest BCUT2D eigenvalue weighted by molar-refractivity contribution is 0.0978. The number of unbranched alkanes of at least 4 members (excludes halogenated alkanes) is 2. The van der Waals surface area contributed by atoms with Gasteiger partial charge >= 0.3 is 0 Å². The van der Waals surface area contributed by atoms with Crippen LogP contribution in [0.2, 0.25) is 0 Å². The predicted octanol–water partition coefficient (Wildman–Crippen LogP) is 0.259. The Morgan fingerprint density at radius 2 is 1.95 bits per heavy atom. The summed E-state index contributed by atoms with van der Waals surface area (Å²) in [5, 5.41) is 1.83. The zero-order chi connectivity index (χ0) is 14.3. The first kappa shape index (κ1) is 15.1. The fourth-order valence-corrected chi connectivity index (χ4v) is 2.18. The number of Topliss-reactive ketones (excluding diaryl/α,β-unsaturated/α-hetero) is 1. The number of nitrogens with zero attached hydrogens (tertiary/aromatic N) is 2. The van der Waals surface area contributed by atoms with Crippen molar-refractivity contribution in [2.24, 2.45) is 22.2 Å². The van der Waals surface area contributed by atoms with E-state index >= 15 is 0 Å². The molecule has 0 saturated carbocycles. The third kappa shape index (κ3) is 5.47. The van der Waals surface area contributed by atoms with E-state index in [-0.39, 0.29) is 17.4 Å². The van der Waals surface area contributed by atoms with Gasteiger partial charge in [-0.25, -0.2) is 4.98 Å². The normalized spacial score (nSPS) is 10.1. The monoisotopic (exact) mass is 283 g/mol. The number of amides is 1. The van der Waals surface area contributed by atoms with E-state index in [1.165, 1.54) is 5.38 Å². The molecule has 1 amide bonds. The average Bonchev–Trinajstić information content (AvgIpc) is 2.82. The van der Waals surface area contributed by atoms with Crippen molar-refractivity contribution in [1.29, 1.82) is 0 Å². The number of thiazole rings is 1. The maximum Gasteiger partial charge on any atom is 0.268 e. The highest BCUT2D eigenvalue weighted by Crippen LogP contribution is 2.13. The van der Waals surface area contributed by atoms with E-state index in [9.17, 15) is 9.59 Å². The van der Waals surface area contributed by atoms with Gasteiger partial charge in [0.1, 0.15) is 5.69 Å². The number of aromatic nitrogens is 1. The Balaban J connectivity index is 2.27. The van der Waals surface area contributed by atoms with E-state index in [1.54, 1.807) is 0 Å². The molecule has 0 saturated heterocycles. The highest BCUT2D eigenvalue weighted by atomic mass is 32.1. The minimum Gasteiger partial charge on any atom is -0.370 e. The van der Waals surface area contributed by atoms with E-state index in [0.29, 0.717) is 18.0 Å². The maximum atomic E-state index is 11.7. The number of hydrogen-bond donors (Lipinski definition) is 3. The van der Waals surface area contributed by atoms with Gasteiger partial charge in [0.15, 0.2) is 16.8 Å². The molecule has 0 aliphatic carbocycles. The third-order valence-corrected chi connectivity index (χ3v) is 3.23. The Morgan fingerprint density at radius 1 is 1.21 bits per heavy atom. The second-order valence-corrected chi connectivity index (χ2v) is 4.80. The Labute approximate surface area is 114 Å². The topological polar surface area (TPSA) is 137 Å². The number of ketones is 1. The van der Waals surface area contributed by atoms with Crippen molar-refractivity contribution in [3.05, 3.63) is 16.1 Å². The molecule has 0 radical (unpaired) electrons. The molecule has 0 aromatic carbocycles. The number of carbonyl (C=O) groups is 2. The number of guanidine groups is 1. The van der Waals surface area contributed by atoms with Crippen molar-refractivity contribution >= 4 is 29.0 Å². The zero-order valence-electron chi connectivity index (χ0n) is 10.5. The lowest BCUT2D eigenvalue weighted by Crippen LogP contribution is -2.22. The molecule has 0 aliphatic rings. The highest BCUT2D eigenvalue weighted by Gasteiger charge is 2.13. The fourth-order valence-electron chi connectivity index (χ4n) is 1.40. The molecular weight excluding hydrogens is 266 g/mol. The zero-order valence-corrected chi connectivity index (χ0v) is 11.3. The van der Waals surface area contributed by atoms with E-state index in [4.69, 9.17) is 17.2 Å². The molecule has 1 aromatic rings. The summed E-state index contributed by atoms with van der Waals surface area (Å²) in [5.74, 6) is -0.607. The summed E-state index contributed by atoms with van der Waals surface area (Å²) in [6.07, 6.45) is 2.82. The molecule has 104 valence electrons. The standard InChI is InChI=1S/C11H17N5O2S/c12-9(18)7-6-19-10(16-7)8(17)4-2-1-3-5-15-11(13)14/h6H,1-5H2,(H2,12,18)(H4,13,14,15). The summed E-state index contributed by atoms with van der Waals surface area (Å²) in [6.45, 7) is 0.569. The van der Waals surface area contributed by atoms with Crippen molar-refractivity contribution in [1.82, 2.24) is 4.98 Å². The molecule has 0 fully saturated rings. The van der Waals surface area contributed by atoms with Gasteiger partial charge in [-0.15, -0.1) is 11.3 Å². The summed E-state index contributed by atoms with van der Waals surface area (Å²) in [7, 11) is 0. The molecule has 0 unspecified atom stereocenters. The minimum absolute atomic E-state index is 0.0701. The van der Waals surface area contributed by atoms with Crippen LogP contribution < -0.4 is 17.2 Å². The Hall–Kier alpha value is -1.96. The Morgan fingerprint density at radius 3 is 2.53 bits per heavy atom. The number of primary amides is 1. The Kier molecular flexibility index (Phi) is 5.94. The van der Waals surface area contributed by atoms with E-state index in [2.05, 4.69) is 9.98 Å². The second-order valence-electron chi connectivity index (χ2n) is 3.94. The molecule has 0 aliphatic heterocycles. The number of nitrogens with two attached hydrogens (primary N) is 3. The van der Waals surface area contributed by atoms with Gasteiger partial charge in [0.2, 0.25) is 0 Å². The third-order valence-electron chi connectivity index (χ3n) is 2.35. The highest BCUT2D eigenvalue weighted by molar-refractivity contribution is 7.11. The van der Waals surface area contributed by atoms with Crippen LogP contribution in [0.1, 0.15) is 46.0 Å². The van der Waals surface area contributed by atoms with Crippen LogP contribution >= 0.6 is 11.3 Å². The van der Waals surface area contributed by atoms with Gasteiger partial charge < -0.3 is 17.2 Å². The number of aliphatic imine (C=N–C) groups is 1. The minimum atomic E-state index is -0.618. The molecule has 6 N–H and O–H groups in total. The number of rotatable bonds is 8. The van der Waals surface area contributed by atoms with E-state index in [0.717, 1.165) is 30.6 Å². The SMILES string of the molecule is NC(=O)c1csc(C(=O)CCCCCN=C(N)N)n1. The summed E-state index contributed by atoms with van der Waals surface area (Å²) in [5.41, 5.74) is 15.6. The second kappa shape index (κ2) is 7.47.